The molecule has 8 heteroatoms. The van der Waals surface area contributed by atoms with Crippen molar-refractivity contribution < 1.29 is 13.2 Å². The fraction of sp³-hybridized carbons (Fsp3) is 0.368. The highest BCUT2D eigenvalue weighted by Crippen LogP contribution is 2.26. The molecule has 0 saturated carbocycles. The van der Waals surface area contributed by atoms with Gasteiger partial charge in [0.25, 0.3) is 11.5 Å². The second-order valence-electron chi connectivity index (χ2n) is 6.76. The van der Waals surface area contributed by atoms with Crippen molar-refractivity contribution in [2.75, 3.05) is 18.4 Å². The molecule has 1 aromatic heterocycles. The van der Waals surface area contributed by atoms with Crippen LogP contribution in [0.4, 0.5) is 5.69 Å². The number of hydrogen-bond acceptors (Lipinski definition) is 4. The predicted molar refractivity (Wildman–Crippen MR) is 103 cm³/mol. The van der Waals surface area contributed by atoms with Crippen LogP contribution < -0.4 is 10.9 Å². The Morgan fingerprint density at radius 3 is 2.44 bits per heavy atom. The van der Waals surface area contributed by atoms with Crippen molar-refractivity contribution in [2.45, 2.75) is 31.1 Å². The van der Waals surface area contributed by atoms with Gasteiger partial charge in [0.2, 0.25) is 10.0 Å². The molecule has 7 nitrogen and oxygen atoms in total. The molecule has 0 radical (unpaired) electrons. The molecule has 0 atom stereocenters. The van der Waals surface area contributed by atoms with Crippen LogP contribution >= 0.6 is 0 Å². The Bertz CT molecular complexity index is 1020. The summed E-state index contributed by atoms with van der Waals surface area (Å²) >= 11 is 0. The molecule has 1 aromatic carbocycles. The molecule has 2 heterocycles. The maximum atomic E-state index is 13.0. The van der Waals surface area contributed by atoms with Crippen LogP contribution in [0.1, 0.15) is 35.2 Å². The molecular weight excluding hydrogens is 366 g/mol. The first-order valence-corrected chi connectivity index (χ1v) is 10.3. The summed E-state index contributed by atoms with van der Waals surface area (Å²) in [7, 11) is -2.00. The molecule has 1 aliphatic rings. The van der Waals surface area contributed by atoms with Crippen LogP contribution in [0.25, 0.3) is 0 Å². The topological polar surface area (TPSA) is 88.5 Å². The Hall–Kier alpha value is -2.45. The molecule has 1 saturated heterocycles. The summed E-state index contributed by atoms with van der Waals surface area (Å²) in [6, 6.07) is 7.60. The summed E-state index contributed by atoms with van der Waals surface area (Å²) in [5, 5.41) is 2.68. The second-order valence-corrected chi connectivity index (χ2v) is 8.67. The Labute approximate surface area is 158 Å². The van der Waals surface area contributed by atoms with Gasteiger partial charge in [-0.15, -0.1) is 0 Å². The SMILES string of the molecule is Cc1ccc(NC(=O)c2ccn(C)c(=O)c2)cc1S(=O)(=O)N1CCCCC1. The zero-order chi connectivity index (χ0) is 19.6. The number of aromatic nitrogens is 1. The van der Waals surface area contributed by atoms with Gasteiger partial charge in [0.1, 0.15) is 0 Å². The van der Waals surface area contributed by atoms with E-state index >= 15 is 0 Å². The number of carbonyl (C=O) groups excluding carboxylic acids is 1. The number of sulfonamides is 1. The first kappa shape index (κ1) is 19.3. The lowest BCUT2D eigenvalue weighted by Crippen LogP contribution is -2.36. The van der Waals surface area contributed by atoms with E-state index < -0.39 is 15.9 Å². The monoisotopic (exact) mass is 389 g/mol. The van der Waals surface area contributed by atoms with Crippen molar-refractivity contribution in [3.8, 4) is 0 Å². The van der Waals surface area contributed by atoms with Crippen molar-refractivity contribution in [3.63, 3.8) is 0 Å². The number of carbonyl (C=O) groups is 1. The molecule has 144 valence electrons. The van der Waals surface area contributed by atoms with Gasteiger partial charge >= 0.3 is 0 Å². The van der Waals surface area contributed by atoms with Gasteiger partial charge < -0.3 is 9.88 Å². The zero-order valence-electron chi connectivity index (χ0n) is 15.4. The lowest BCUT2D eigenvalue weighted by Gasteiger charge is -2.26. The average molecular weight is 389 g/mol. The summed E-state index contributed by atoms with van der Waals surface area (Å²) in [6.45, 7) is 2.78. The number of aryl methyl sites for hydroxylation is 2. The van der Waals surface area contributed by atoms with Crippen molar-refractivity contribution in [1.29, 1.82) is 0 Å². The first-order valence-electron chi connectivity index (χ1n) is 8.88. The number of piperidine rings is 1. The van der Waals surface area contributed by atoms with Crippen LogP contribution in [-0.2, 0) is 17.1 Å². The molecule has 3 rings (SSSR count). The normalized spacial score (nSPS) is 15.5. The van der Waals surface area contributed by atoms with Crippen LogP contribution in [0, 0.1) is 6.92 Å². The van der Waals surface area contributed by atoms with Gasteiger partial charge in [0, 0.05) is 43.7 Å². The number of benzene rings is 1. The number of nitrogens with zero attached hydrogens (tertiary/aromatic N) is 2. The van der Waals surface area contributed by atoms with Crippen LogP contribution in [-0.4, -0.2) is 36.3 Å². The first-order chi connectivity index (χ1) is 12.8. The minimum atomic E-state index is -3.60. The fourth-order valence-corrected chi connectivity index (χ4v) is 4.86. The highest BCUT2D eigenvalue weighted by molar-refractivity contribution is 7.89. The molecule has 0 aliphatic carbocycles. The molecule has 1 amide bonds. The van der Waals surface area contributed by atoms with Crippen LogP contribution in [0.15, 0.2) is 46.2 Å². The number of amides is 1. The smallest absolute Gasteiger partial charge is 0.255 e. The van der Waals surface area contributed by atoms with E-state index in [1.165, 1.54) is 33.3 Å². The Morgan fingerprint density at radius 1 is 1.07 bits per heavy atom. The molecule has 1 aliphatic heterocycles. The lowest BCUT2D eigenvalue weighted by molar-refractivity contribution is 0.102. The Morgan fingerprint density at radius 2 is 1.78 bits per heavy atom. The standard InChI is InChI=1S/C19H23N3O4S/c1-14-6-7-16(20-19(24)15-8-11-21(2)18(23)12-15)13-17(14)27(25,26)22-9-4-3-5-10-22/h6-8,11-13H,3-5,9-10H2,1-2H3,(H,20,24). The van der Waals surface area contributed by atoms with E-state index in [4.69, 9.17) is 0 Å². The minimum absolute atomic E-state index is 0.200. The third-order valence-corrected chi connectivity index (χ3v) is 6.79. The van der Waals surface area contributed by atoms with Crippen molar-refractivity contribution in [1.82, 2.24) is 8.87 Å². The molecule has 2 aromatic rings. The van der Waals surface area contributed by atoms with Crippen molar-refractivity contribution in [2.24, 2.45) is 7.05 Å². The third kappa shape index (κ3) is 4.12. The summed E-state index contributed by atoms with van der Waals surface area (Å²) < 4.78 is 28.8. The number of anilines is 1. The van der Waals surface area contributed by atoms with E-state index in [2.05, 4.69) is 5.32 Å². The number of rotatable bonds is 4. The van der Waals surface area contributed by atoms with E-state index in [-0.39, 0.29) is 16.0 Å². The highest BCUT2D eigenvalue weighted by Gasteiger charge is 2.27. The van der Waals surface area contributed by atoms with Crippen LogP contribution in [0.3, 0.4) is 0 Å². The van der Waals surface area contributed by atoms with Crippen molar-refractivity contribution in [3.05, 3.63) is 58.0 Å². The maximum Gasteiger partial charge on any atom is 0.255 e. The van der Waals surface area contributed by atoms with Crippen LogP contribution in [0.5, 0.6) is 0 Å². The third-order valence-electron chi connectivity index (χ3n) is 4.75. The van der Waals surface area contributed by atoms with Gasteiger partial charge in [-0.3, -0.25) is 9.59 Å². The molecule has 27 heavy (non-hydrogen) atoms. The van der Waals surface area contributed by atoms with Gasteiger partial charge in [-0.2, -0.15) is 4.31 Å². The molecule has 1 fully saturated rings. The van der Waals surface area contributed by atoms with Gasteiger partial charge in [-0.05, 0) is 43.5 Å². The summed E-state index contributed by atoms with van der Waals surface area (Å²) in [5.41, 5.74) is 0.938. The Balaban J connectivity index is 1.87. The molecule has 0 spiro atoms. The molecule has 0 unspecified atom stereocenters. The second kappa shape index (κ2) is 7.66. The number of pyridine rings is 1. The number of hydrogen-bond donors (Lipinski definition) is 1. The van der Waals surface area contributed by atoms with E-state index in [0.29, 0.717) is 24.3 Å². The molecule has 1 N–H and O–H groups in total. The summed E-state index contributed by atoms with van der Waals surface area (Å²) in [4.78, 5) is 24.3. The fourth-order valence-electron chi connectivity index (χ4n) is 3.09. The largest absolute Gasteiger partial charge is 0.322 e. The zero-order valence-corrected chi connectivity index (χ0v) is 16.3. The maximum absolute atomic E-state index is 13.0. The Kier molecular flexibility index (Phi) is 5.48. The average Bonchev–Trinajstić information content (AvgIpc) is 2.66. The number of nitrogens with one attached hydrogen (secondary N) is 1. The van der Waals surface area contributed by atoms with Crippen LogP contribution in [0.2, 0.25) is 0 Å². The summed E-state index contributed by atoms with van der Waals surface area (Å²) in [5.74, 6) is -0.460. The highest BCUT2D eigenvalue weighted by atomic mass is 32.2. The minimum Gasteiger partial charge on any atom is -0.322 e. The van der Waals surface area contributed by atoms with E-state index in [0.717, 1.165) is 19.3 Å². The lowest BCUT2D eigenvalue weighted by atomic mass is 10.2. The quantitative estimate of drug-likeness (QED) is 0.868. The van der Waals surface area contributed by atoms with Gasteiger partial charge in [-0.25, -0.2) is 8.42 Å². The summed E-state index contributed by atoms with van der Waals surface area (Å²) in [6.07, 6.45) is 4.27. The van der Waals surface area contributed by atoms with Crippen molar-refractivity contribution >= 4 is 21.6 Å². The van der Waals surface area contributed by atoms with Gasteiger partial charge in [0.15, 0.2) is 0 Å². The van der Waals surface area contributed by atoms with E-state index in [1.807, 2.05) is 0 Å². The molecular formula is C19H23N3O4S. The van der Waals surface area contributed by atoms with E-state index in [1.54, 1.807) is 26.1 Å². The predicted octanol–water partition coefficient (Wildman–Crippen LogP) is 2.12. The van der Waals surface area contributed by atoms with E-state index in [9.17, 15) is 18.0 Å². The van der Waals surface area contributed by atoms with Gasteiger partial charge in [-0.1, -0.05) is 12.5 Å². The van der Waals surface area contributed by atoms with Gasteiger partial charge in [0.05, 0.1) is 4.90 Å². The molecule has 0 bridgehead atoms.